The fourth-order valence-electron chi connectivity index (χ4n) is 5.21. The van der Waals surface area contributed by atoms with Gasteiger partial charge in [-0.15, -0.1) is 0 Å². The van der Waals surface area contributed by atoms with Crippen molar-refractivity contribution < 1.29 is 18.9 Å². The van der Waals surface area contributed by atoms with Crippen molar-refractivity contribution in [1.82, 2.24) is 4.90 Å². The molecule has 0 amide bonds. The van der Waals surface area contributed by atoms with Gasteiger partial charge in [-0.05, 0) is 42.4 Å². The van der Waals surface area contributed by atoms with E-state index in [9.17, 15) is 9.59 Å². The van der Waals surface area contributed by atoms with Crippen molar-refractivity contribution in [1.29, 1.82) is 0 Å². The number of fused-ring (bicyclic) bond motifs is 2. The van der Waals surface area contributed by atoms with Crippen LogP contribution in [-0.2, 0) is 18.9 Å². The van der Waals surface area contributed by atoms with E-state index in [1.165, 1.54) is 6.42 Å². The molecule has 4 rings (SSSR count). The lowest BCUT2D eigenvalue weighted by Crippen LogP contribution is -2.62. The Morgan fingerprint density at radius 2 is 1.81 bits per heavy atom. The van der Waals surface area contributed by atoms with E-state index in [-0.39, 0.29) is 31.1 Å². The second kappa shape index (κ2) is 7.75. The summed E-state index contributed by atoms with van der Waals surface area (Å²) in [4.78, 5) is 26.7. The molecule has 3 aliphatic carbocycles. The maximum Gasteiger partial charge on any atom is 0.602 e. The van der Waals surface area contributed by atoms with E-state index in [1.807, 2.05) is 17.1 Å². The van der Waals surface area contributed by atoms with Gasteiger partial charge in [0.2, 0.25) is 0 Å². The summed E-state index contributed by atoms with van der Waals surface area (Å²) in [5, 5.41) is 0. The van der Waals surface area contributed by atoms with E-state index in [1.54, 1.807) is 0 Å². The summed E-state index contributed by atoms with van der Waals surface area (Å²) in [5.41, 5.74) is 0.385. The van der Waals surface area contributed by atoms with Crippen molar-refractivity contribution in [3.8, 4) is 0 Å². The largest absolute Gasteiger partial charge is 0.602 e. The van der Waals surface area contributed by atoms with Crippen molar-refractivity contribution in [3.05, 3.63) is 12.2 Å². The zero-order valence-electron chi connectivity index (χ0n) is 16.6. The maximum atomic E-state index is 12.3. The number of hydrogen-bond acceptors (Lipinski definition) is 5. The minimum atomic E-state index is -0.790. The summed E-state index contributed by atoms with van der Waals surface area (Å²) in [6.07, 6.45) is 8.75. The Bertz CT molecular complexity index is 556. The molecule has 0 unspecified atom stereocenters. The van der Waals surface area contributed by atoms with Crippen molar-refractivity contribution >= 4 is 19.1 Å². The van der Waals surface area contributed by atoms with Crippen LogP contribution in [0.5, 0.6) is 0 Å². The van der Waals surface area contributed by atoms with Crippen molar-refractivity contribution in [3.63, 3.8) is 0 Å². The third-order valence-electron chi connectivity index (χ3n) is 6.92. The van der Waals surface area contributed by atoms with Crippen LogP contribution in [0.3, 0.4) is 0 Å². The Balaban J connectivity index is 1.61. The summed E-state index contributed by atoms with van der Waals surface area (Å²) in [6, 6.07) is 0.257. The molecule has 0 aromatic rings. The van der Waals surface area contributed by atoms with E-state index >= 15 is 0 Å². The van der Waals surface area contributed by atoms with Crippen LogP contribution in [0.1, 0.15) is 53.4 Å². The van der Waals surface area contributed by atoms with Crippen LogP contribution in [0.25, 0.3) is 0 Å². The summed E-state index contributed by atoms with van der Waals surface area (Å²) >= 11 is 0. The second-order valence-electron chi connectivity index (χ2n) is 8.83. The minimum absolute atomic E-state index is 0.180. The number of carbonyl (C=O) groups is 2. The highest BCUT2D eigenvalue weighted by atomic mass is 16.6. The first-order chi connectivity index (χ1) is 12.3. The molecular weight excluding hydrogens is 329 g/mol. The molecular formula is C20H32BNO4. The van der Waals surface area contributed by atoms with Gasteiger partial charge in [0, 0.05) is 12.4 Å². The van der Waals surface area contributed by atoms with Crippen molar-refractivity contribution in [2.75, 3.05) is 13.1 Å². The first-order valence-corrected chi connectivity index (χ1v) is 10.1. The molecule has 4 atom stereocenters. The average Bonchev–Trinajstić information content (AvgIpc) is 2.56. The van der Waals surface area contributed by atoms with Gasteiger partial charge < -0.3 is 9.31 Å². The van der Waals surface area contributed by atoms with Gasteiger partial charge in [0.05, 0.1) is 13.1 Å². The van der Waals surface area contributed by atoms with Gasteiger partial charge in [0.25, 0.3) is 0 Å². The summed E-state index contributed by atoms with van der Waals surface area (Å²) in [6.45, 7) is 9.43. The third-order valence-corrected chi connectivity index (χ3v) is 6.92. The zero-order chi connectivity index (χ0) is 18.9. The fourth-order valence-corrected chi connectivity index (χ4v) is 5.21. The van der Waals surface area contributed by atoms with Gasteiger partial charge in [0.15, 0.2) is 0 Å². The number of hydrogen-bond donors (Lipinski definition) is 0. The normalized spacial score (nSPS) is 34.7. The molecule has 4 fully saturated rings. The van der Waals surface area contributed by atoms with Crippen LogP contribution < -0.4 is 0 Å². The summed E-state index contributed by atoms with van der Waals surface area (Å²) < 4.78 is 10.8. The van der Waals surface area contributed by atoms with E-state index in [0.717, 1.165) is 19.3 Å². The van der Waals surface area contributed by atoms with Crippen LogP contribution in [-0.4, -0.2) is 43.1 Å². The lowest BCUT2D eigenvalue weighted by Gasteiger charge is -2.63. The predicted octanol–water partition coefficient (Wildman–Crippen LogP) is 3.30. The van der Waals surface area contributed by atoms with Gasteiger partial charge in [-0.25, -0.2) is 0 Å². The third kappa shape index (κ3) is 3.85. The first kappa shape index (κ1) is 19.5. The number of unbranched alkanes of at least 4 members (excludes halogenated alkanes) is 1. The minimum Gasteiger partial charge on any atom is -0.498 e. The Morgan fingerprint density at radius 1 is 1.15 bits per heavy atom. The topological polar surface area (TPSA) is 55.8 Å². The molecule has 1 saturated heterocycles. The SMILES string of the molecule is CCC/C=C/CB1OC(=O)CN([C@@H]2C[C@@H]3C[C@H]([C@H]2C)C3(C)C)CC(=O)O1. The van der Waals surface area contributed by atoms with Crippen molar-refractivity contribution in [2.45, 2.75) is 65.7 Å². The molecule has 0 N–H and O–H groups in total. The quantitative estimate of drug-likeness (QED) is 0.556. The zero-order valence-corrected chi connectivity index (χ0v) is 16.6. The molecule has 1 heterocycles. The van der Waals surface area contributed by atoms with Gasteiger partial charge in [-0.3, -0.25) is 14.5 Å². The maximum absolute atomic E-state index is 12.3. The van der Waals surface area contributed by atoms with Crippen LogP contribution in [0.4, 0.5) is 0 Å². The predicted molar refractivity (Wildman–Crippen MR) is 101 cm³/mol. The molecule has 0 spiro atoms. The first-order valence-electron chi connectivity index (χ1n) is 10.1. The smallest absolute Gasteiger partial charge is 0.498 e. The van der Waals surface area contributed by atoms with E-state index < -0.39 is 7.12 Å². The van der Waals surface area contributed by atoms with Crippen LogP contribution in [0.2, 0.25) is 6.32 Å². The second-order valence-corrected chi connectivity index (χ2v) is 8.83. The average molecular weight is 361 g/mol. The number of allylic oxidation sites excluding steroid dienone is 2. The fraction of sp³-hybridized carbons (Fsp3) is 0.800. The van der Waals surface area contributed by atoms with E-state index in [4.69, 9.17) is 9.31 Å². The molecule has 26 heavy (non-hydrogen) atoms. The lowest BCUT2D eigenvalue weighted by molar-refractivity contribution is -0.160. The van der Waals surface area contributed by atoms with Crippen LogP contribution >= 0.6 is 0 Å². The van der Waals surface area contributed by atoms with Crippen molar-refractivity contribution in [2.24, 2.45) is 23.2 Å². The molecule has 2 bridgehead atoms. The summed E-state index contributed by atoms with van der Waals surface area (Å²) in [7, 11) is -0.790. The number of rotatable bonds is 5. The molecule has 0 aromatic carbocycles. The van der Waals surface area contributed by atoms with Gasteiger partial charge >= 0.3 is 19.1 Å². The highest BCUT2D eigenvalue weighted by Gasteiger charge is 2.57. The Kier molecular flexibility index (Phi) is 5.80. The monoisotopic (exact) mass is 361 g/mol. The Morgan fingerprint density at radius 3 is 2.35 bits per heavy atom. The van der Waals surface area contributed by atoms with Gasteiger partial charge in [0.1, 0.15) is 0 Å². The highest BCUT2D eigenvalue weighted by molar-refractivity contribution is 6.49. The van der Waals surface area contributed by atoms with Crippen LogP contribution in [0, 0.1) is 23.2 Å². The van der Waals surface area contributed by atoms with Gasteiger partial charge in [-0.2, -0.15) is 0 Å². The highest BCUT2D eigenvalue weighted by Crippen LogP contribution is 2.61. The molecule has 5 nitrogen and oxygen atoms in total. The standard InChI is InChI=1S/C20H32BNO4/c1-5-6-7-8-9-21-25-18(23)12-22(13-19(24)26-21)17-11-15-10-16(14(17)2)20(15,3)4/h7-8,14-17H,5-6,9-13H2,1-4H3/b8-7+/t14-,15+,16-,17-/m1/s1. The Hall–Kier alpha value is -1.30. The van der Waals surface area contributed by atoms with E-state index in [0.29, 0.717) is 29.5 Å². The van der Waals surface area contributed by atoms with Gasteiger partial charge in [-0.1, -0.05) is 46.3 Å². The number of nitrogens with zero attached hydrogens (tertiary/aromatic N) is 1. The van der Waals surface area contributed by atoms with E-state index in [2.05, 4.69) is 27.7 Å². The van der Waals surface area contributed by atoms with Crippen LogP contribution in [0.15, 0.2) is 12.2 Å². The molecule has 0 radical (unpaired) electrons. The molecule has 1 aliphatic heterocycles. The lowest BCUT2D eigenvalue weighted by atomic mass is 9.44. The molecule has 0 aromatic heterocycles. The Labute approximate surface area is 157 Å². The molecule has 6 heteroatoms. The molecule has 4 aliphatic rings. The molecule has 144 valence electrons. The molecule has 3 saturated carbocycles. The summed E-state index contributed by atoms with van der Waals surface area (Å²) in [5.74, 6) is 1.24. The number of carbonyl (C=O) groups excluding carboxylic acids is 2.